The maximum absolute atomic E-state index is 12.1. The molecule has 0 unspecified atom stereocenters. The number of carbonyl (C=O) groups excluding carboxylic acids is 1. The molecule has 0 bridgehead atoms. The van der Waals surface area contributed by atoms with E-state index < -0.39 is 6.04 Å². The van der Waals surface area contributed by atoms with Crippen LogP contribution >= 0.6 is 12.4 Å². The van der Waals surface area contributed by atoms with Gasteiger partial charge < -0.3 is 20.6 Å². The molecule has 0 radical (unpaired) electrons. The van der Waals surface area contributed by atoms with Gasteiger partial charge in [-0.05, 0) is 18.1 Å². The number of H-pyrrole nitrogens is 1. The van der Waals surface area contributed by atoms with Crippen molar-refractivity contribution in [3.8, 4) is 0 Å². The highest BCUT2D eigenvalue weighted by Gasteiger charge is 2.16. The van der Waals surface area contributed by atoms with E-state index in [9.17, 15) is 4.79 Å². The van der Waals surface area contributed by atoms with Crippen LogP contribution in [-0.4, -0.2) is 27.1 Å². The van der Waals surface area contributed by atoms with E-state index in [4.69, 9.17) is 10.3 Å². The lowest BCUT2D eigenvalue weighted by molar-refractivity contribution is -0.122. The Balaban J connectivity index is 0.00000192. The molecule has 2 aromatic heterocycles. The summed E-state index contributed by atoms with van der Waals surface area (Å²) < 4.78 is 4.84. The van der Waals surface area contributed by atoms with Gasteiger partial charge in [0.25, 0.3) is 0 Å². The molecule has 2 heterocycles. The number of rotatable bonds is 5. The monoisotopic (exact) mass is 335 g/mol. The van der Waals surface area contributed by atoms with Crippen LogP contribution in [0.2, 0.25) is 0 Å². The minimum atomic E-state index is -0.632. The molecule has 122 valence electrons. The molecule has 3 rings (SSSR count). The Morgan fingerprint density at radius 2 is 2.22 bits per heavy atom. The van der Waals surface area contributed by atoms with Crippen molar-refractivity contribution in [3.63, 3.8) is 0 Å². The molecular weight excluding hydrogens is 318 g/mol. The van der Waals surface area contributed by atoms with E-state index in [0.29, 0.717) is 18.1 Å². The van der Waals surface area contributed by atoms with E-state index in [1.807, 2.05) is 30.5 Å². The number of nitrogens with zero attached hydrogens (tertiary/aromatic N) is 2. The van der Waals surface area contributed by atoms with Gasteiger partial charge in [0.05, 0.1) is 12.6 Å². The normalized spacial score (nSPS) is 11.9. The summed E-state index contributed by atoms with van der Waals surface area (Å²) in [6.07, 6.45) is 2.35. The molecule has 1 amide bonds. The standard InChI is InChI=1S/C15H17N5O2.ClH/c1-9-19-14(20-22-9)8-18-15(21)12(16)6-10-7-17-13-5-3-2-4-11(10)13;/h2-5,7,12,17H,6,8,16H2,1H3,(H,18,21);1H/t12-;/m0./s1. The number of hydrogen-bond acceptors (Lipinski definition) is 5. The van der Waals surface area contributed by atoms with Gasteiger partial charge in [0.2, 0.25) is 11.8 Å². The van der Waals surface area contributed by atoms with Crippen LogP contribution in [-0.2, 0) is 17.8 Å². The maximum atomic E-state index is 12.1. The molecule has 0 aliphatic rings. The minimum absolute atomic E-state index is 0. The van der Waals surface area contributed by atoms with Crippen molar-refractivity contribution in [2.45, 2.75) is 25.9 Å². The highest BCUT2D eigenvalue weighted by atomic mass is 35.5. The van der Waals surface area contributed by atoms with Gasteiger partial charge in [0.1, 0.15) is 0 Å². The molecule has 23 heavy (non-hydrogen) atoms. The number of nitrogens with one attached hydrogen (secondary N) is 2. The van der Waals surface area contributed by atoms with Crippen LogP contribution in [0.5, 0.6) is 0 Å². The molecule has 0 saturated heterocycles. The quantitative estimate of drug-likeness (QED) is 0.654. The van der Waals surface area contributed by atoms with Crippen molar-refractivity contribution in [1.82, 2.24) is 20.4 Å². The summed E-state index contributed by atoms with van der Waals surface area (Å²) in [6, 6.07) is 7.29. The zero-order valence-corrected chi connectivity index (χ0v) is 13.4. The first-order valence-electron chi connectivity index (χ1n) is 7.01. The number of carbonyl (C=O) groups is 1. The molecule has 0 aliphatic heterocycles. The van der Waals surface area contributed by atoms with Crippen molar-refractivity contribution < 1.29 is 9.32 Å². The Morgan fingerprint density at radius 3 is 2.96 bits per heavy atom. The minimum Gasteiger partial charge on any atom is -0.361 e. The largest absolute Gasteiger partial charge is 0.361 e. The van der Waals surface area contributed by atoms with Crippen LogP contribution in [0.3, 0.4) is 0 Å². The number of aromatic nitrogens is 3. The van der Waals surface area contributed by atoms with Crippen molar-refractivity contribution in [3.05, 3.63) is 47.7 Å². The summed E-state index contributed by atoms with van der Waals surface area (Å²) in [6.45, 7) is 1.90. The first-order valence-corrected chi connectivity index (χ1v) is 7.01. The zero-order chi connectivity index (χ0) is 15.5. The maximum Gasteiger partial charge on any atom is 0.237 e. The summed E-state index contributed by atoms with van der Waals surface area (Å²) in [7, 11) is 0. The lowest BCUT2D eigenvalue weighted by Gasteiger charge is -2.10. The van der Waals surface area contributed by atoms with Crippen LogP contribution in [0, 0.1) is 6.92 Å². The lowest BCUT2D eigenvalue weighted by atomic mass is 10.1. The van der Waals surface area contributed by atoms with Crippen LogP contribution < -0.4 is 11.1 Å². The van der Waals surface area contributed by atoms with Crippen molar-refractivity contribution in [1.29, 1.82) is 0 Å². The van der Waals surface area contributed by atoms with Crippen molar-refractivity contribution in [2.24, 2.45) is 5.73 Å². The SMILES string of the molecule is Cc1nc(CNC(=O)[C@@H](N)Cc2c[nH]c3ccccc23)no1.Cl. The topological polar surface area (TPSA) is 110 Å². The van der Waals surface area contributed by atoms with Gasteiger partial charge in [0, 0.05) is 24.0 Å². The molecule has 0 spiro atoms. The average Bonchev–Trinajstić information content (AvgIpc) is 3.12. The summed E-state index contributed by atoms with van der Waals surface area (Å²) in [5.41, 5.74) is 8.04. The van der Waals surface area contributed by atoms with E-state index in [-0.39, 0.29) is 24.9 Å². The van der Waals surface area contributed by atoms with Gasteiger partial charge in [0.15, 0.2) is 5.82 Å². The van der Waals surface area contributed by atoms with Gasteiger partial charge >= 0.3 is 0 Å². The lowest BCUT2D eigenvalue weighted by Crippen LogP contribution is -2.41. The summed E-state index contributed by atoms with van der Waals surface area (Å²) in [5, 5.41) is 7.51. The number of para-hydroxylation sites is 1. The number of nitrogens with two attached hydrogens (primary N) is 1. The Hall–Kier alpha value is -2.38. The van der Waals surface area contributed by atoms with E-state index in [2.05, 4.69) is 20.4 Å². The fraction of sp³-hybridized carbons (Fsp3) is 0.267. The Bertz CT molecular complexity index is 798. The summed E-state index contributed by atoms with van der Waals surface area (Å²) >= 11 is 0. The number of aryl methyl sites for hydroxylation is 1. The predicted molar refractivity (Wildman–Crippen MR) is 88.1 cm³/mol. The second-order valence-electron chi connectivity index (χ2n) is 5.12. The second-order valence-corrected chi connectivity index (χ2v) is 5.12. The molecule has 0 saturated carbocycles. The smallest absolute Gasteiger partial charge is 0.237 e. The second kappa shape index (κ2) is 7.26. The highest BCUT2D eigenvalue weighted by Crippen LogP contribution is 2.18. The van der Waals surface area contributed by atoms with Gasteiger partial charge in [-0.25, -0.2) is 0 Å². The predicted octanol–water partition coefficient (Wildman–Crippen LogP) is 1.47. The van der Waals surface area contributed by atoms with Crippen LogP contribution in [0.1, 0.15) is 17.3 Å². The van der Waals surface area contributed by atoms with E-state index in [1.54, 1.807) is 6.92 Å². The molecule has 8 heteroatoms. The fourth-order valence-electron chi connectivity index (χ4n) is 2.34. The summed E-state index contributed by atoms with van der Waals surface area (Å²) in [5.74, 6) is 0.658. The Kier molecular flexibility index (Phi) is 5.36. The van der Waals surface area contributed by atoms with Gasteiger partial charge in [-0.1, -0.05) is 23.4 Å². The number of aromatic amines is 1. The van der Waals surface area contributed by atoms with Crippen LogP contribution in [0.4, 0.5) is 0 Å². The molecule has 3 aromatic rings. The molecule has 7 nitrogen and oxygen atoms in total. The average molecular weight is 336 g/mol. The molecule has 1 atom stereocenters. The molecular formula is C15H18ClN5O2. The van der Waals surface area contributed by atoms with Crippen molar-refractivity contribution >= 4 is 29.2 Å². The zero-order valence-electron chi connectivity index (χ0n) is 12.6. The molecule has 0 aliphatic carbocycles. The van der Waals surface area contributed by atoms with Gasteiger partial charge in [-0.3, -0.25) is 4.79 Å². The number of halogens is 1. The van der Waals surface area contributed by atoms with Gasteiger partial charge in [-0.15, -0.1) is 12.4 Å². The number of hydrogen-bond donors (Lipinski definition) is 3. The number of fused-ring (bicyclic) bond motifs is 1. The molecule has 0 fully saturated rings. The number of benzene rings is 1. The highest BCUT2D eigenvalue weighted by molar-refractivity contribution is 5.86. The summed E-state index contributed by atoms with van der Waals surface area (Å²) in [4.78, 5) is 19.2. The number of amides is 1. The third-order valence-corrected chi connectivity index (χ3v) is 3.44. The van der Waals surface area contributed by atoms with Crippen molar-refractivity contribution in [2.75, 3.05) is 0 Å². The third-order valence-electron chi connectivity index (χ3n) is 3.44. The van der Waals surface area contributed by atoms with E-state index in [0.717, 1.165) is 16.5 Å². The van der Waals surface area contributed by atoms with E-state index >= 15 is 0 Å². The fourth-order valence-corrected chi connectivity index (χ4v) is 2.34. The van der Waals surface area contributed by atoms with E-state index in [1.165, 1.54) is 0 Å². The van der Waals surface area contributed by atoms with Gasteiger partial charge in [-0.2, -0.15) is 4.98 Å². The first kappa shape index (κ1) is 17.0. The molecule has 1 aromatic carbocycles. The Labute approximate surface area is 139 Å². The first-order chi connectivity index (χ1) is 10.6. The van der Waals surface area contributed by atoms with Crippen LogP contribution in [0.15, 0.2) is 35.0 Å². The Morgan fingerprint density at radius 1 is 1.43 bits per heavy atom. The third kappa shape index (κ3) is 3.88. The molecule has 4 N–H and O–H groups in total. The van der Waals surface area contributed by atoms with Crippen LogP contribution in [0.25, 0.3) is 10.9 Å².